The number of alkyl halides is 2. The fraction of sp³-hybridized carbons (Fsp3) is 0.487. The van der Waals surface area contributed by atoms with Crippen LogP contribution in [-0.4, -0.2) is 69.3 Å². The maximum Gasteiger partial charge on any atom is 0.276 e. The second-order valence-corrected chi connectivity index (χ2v) is 13.0. The highest BCUT2D eigenvalue weighted by molar-refractivity contribution is 5.96. The molecule has 8 nitrogen and oxygen atoms in total. The van der Waals surface area contributed by atoms with E-state index in [1.54, 1.807) is 18.2 Å². The average molecular weight is 674 g/mol. The SMILES string of the molecule is FC(F)(c1cccc(CCNc2nnc(OCCCCCCOCc3ccccc3)c3cc(N4CCOCC4)ccc23)c1)C1CCNCC1. The Bertz CT molecular complexity index is 1600. The van der Waals surface area contributed by atoms with Gasteiger partial charge in [0.1, 0.15) is 0 Å². The molecule has 0 unspecified atom stereocenters. The predicted octanol–water partition coefficient (Wildman–Crippen LogP) is 7.37. The quantitative estimate of drug-likeness (QED) is 0.113. The summed E-state index contributed by atoms with van der Waals surface area (Å²) < 4.78 is 48.3. The van der Waals surface area contributed by atoms with Gasteiger partial charge in [-0.3, -0.25) is 0 Å². The lowest BCUT2D eigenvalue weighted by Crippen LogP contribution is -2.36. The van der Waals surface area contributed by atoms with E-state index in [0.29, 0.717) is 77.0 Å². The monoisotopic (exact) mass is 673 g/mol. The minimum atomic E-state index is -2.84. The molecule has 262 valence electrons. The largest absolute Gasteiger partial charge is 0.476 e. The van der Waals surface area contributed by atoms with Crippen LogP contribution in [-0.2, 0) is 28.4 Å². The molecular weight excluding hydrogens is 624 g/mol. The number of aromatic nitrogens is 2. The van der Waals surface area contributed by atoms with Gasteiger partial charge >= 0.3 is 0 Å². The van der Waals surface area contributed by atoms with Crippen LogP contribution in [0.5, 0.6) is 5.88 Å². The normalized spacial score (nSPS) is 15.8. The molecule has 2 aliphatic heterocycles. The van der Waals surface area contributed by atoms with Gasteiger partial charge in [0.15, 0.2) is 5.82 Å². The zero-order valence-corrected chi connectivity index (χ0v) is 28.3. The topological polar surface area (TPSA) is 80.8 Å². The third-order valence-electron chi connectivity index (χ3n) is 9.51. The van der Waals surface area contributed by atoms with Crippen LogP contribution in [0.15, 0.2) is 72.8 Å². The van der Waals surface area contributed by atoms with Crippen LogP contribution >= 0.6 is 0 Å². The van der Waals surface area contributed by atoms with Crippen molar-refractivity contribution in [3.8, 4) is 5.88 Å². The summed E-state index contributed by atoms with van der Waals surface area (Å²) in [6.45, 7) is 6.83. The first kappa shape index (κ1) is 35.0. The lowest BCUT2D eigenvalue weighted by Gasteiger charge is -2.31. The zero-order valence-electron chi connectivity index (χ0n) is 28.3. The lowest BCUT2D eigenvalue weighted by atomic mass is 9.86. The average Bonchev–Trinajstić information content (AvgIpc) is 3.15. The maximum absolute atomic E-state index is 15.3. The molecule has 0 saturated carbocycles. The summed E-state index contributed by atoms with van der Waals surface area (Å²) in [5, 5.41) is 17.4. The van der Waals surface area contributed by atoms with Crippen molar-refractivity contribution in [3.63, 3.8) is 0 Å². The Morgan fingerprint density at radius 2 is 1.61 bits per heavy atom. The van der Waals surface area contributed by atoms with E-state index >= 15 is 8.78 Å². The number of halogens is 2. The zero-order chi connectivity index (χ0) is 33.7. The smallest absolute Gasteiger partial charge is 0.276 e. The molecule has 0 bridgehead atoms. The standard InChI is InChI=1S/C39H49F2N5O3/c40-39(41,32-16-18-42-19-17-32)33-12-8-11-30(27-33)15-20-43-37-35-14-13-34(46-21-25-47-26-22-46)28-36(35)38(45-44-37)49-24-7-2-1-6-23-48-29-31-9-4-3-5-10-31/h3-5,8-14,27-28,32,42H,1-2,6-7,15-26,29H2,(H,43,44). The second-order valence-electron chi connectivity index (χ2n) is 13.0. The highest BCUT2D eigenvalue weighted by Gasteiger charge is 2.41. The molecule has 2 N–H and O–H groups in total. The van der Waals surface area contributed by atoms with E-state index in [0.717, 1.165) is 67.4 Å². The summed E-state index contributed by atoms with van der Waals surface area (Å²) in [5.41, 5.74) is 3.27. The number of nitrogens with zero attached hydrogens (tertiary/aromatic N) is 3. The Morgan fingerprint density at radius 1 is 0.837 bits per heavy atom. The Labute approximate surface area is 288 Å². The number of fused-ring (bicyclic) bond motifs is 1. The lowest BCUT2D eigenvalue weighted by molar-refractivity contribution is -0.0754. The Hall–Kier alpha value is -3.86. The van der Waals surface area contributed by atoms with Crippen LogP contribution in [0.2, 0.25) is 0 Å². The first-order valence-corrected chi connectivity index (χ1v) is 17.9. The first-order valence-electron chi connectivity index (χ1n) is 17.9. The van der Waals surface area contributed by atoms with Crippen molar-refractivity contribution in [1.29, 1.82) is 0 Å². The number of rotatable bonds is 17. The molecule has 2 saturated heterocycles. The fourth-order valence-electron chi connectivity index (χ4n) is 6.65. The van der Waals surface area contributed by atoms with Gasteiger partial charge in [0.2, 0.25) is 5.88 Å². The number of ether oxygens (including phenoxy) is 3. The van der Waals surface area contributed by atoms with Gasteiger partial charge < -0.3 is 29.7 Å². The molecule has 3 heterocycles. The number of anilines is 2. The second kappa shape index (κ2) is 17.7. The summed E-state index contributed by atoms with van der Waals surface area (Å²) in [5.74, 6) is -2.29. The van der Waals surface area contributed by atoms with E-state index in [1.807, 2.05) is 24.3 Å². The van der Waals surface area contributed by atoms with Crippen LogP contribution in [0.4, 0.5) is 20.3 Å². The fourth-order valence-corrected chi connectivity index (χ4v) is 6.65. The van der Waals surface area contributed by atoms with Crippen molar-refractivity contribution in [2.45, 2.75) is 57.5 Å². The summed E-state index contributed by atoms with van der Waals surface area (Å²) >= 11 is 0. The minimum absolute atomic E-state index is 0.107. The van der Waals surface area contributed by atoms with Crippen molar-refractivity contribution in [2.24, 2.45) is 5.92 Å². The summed E-state index contributed by atoms with van der Waals surface area (Å²) in [6, 6.07) is 23.4. The highest BCUT2D eigenvalue weighted by Crippen LogP contribution is 2.40. The molecule has 2 fully saturated rings. The van der Waals surface area contributed by atoms with E-state index in [9.17, 15) is 0 Å². The van der Waals surface area contributed by atoms with Crippen molar-refractivity contribution in [2.75, 3.05) is 69.4 Å². The third kappa shape index (κ3) is 9.65. The Morgan fingerprint density at radius 3 is 2.43 bits per heavy atom. The van der Waals surface area contributed by atoms with E-state index in [1.165, 1.54) is 5.56 Å². The summed E-state index contributed by atoms with van der Waals surface area (Å²) in [6.07, 6.45) is 5.62. The summed E-state index contributed by atoms with van der Waals surface area (Å²) in [4.78, 5) is 2.31. The third-order valence-corrected chi connectivity index (χ3v) is 9.51. The van der Waals surface area contributed by atoms with Gasteiger partial charge in [-0.1, -0.05) is 55.0 Å². The maximum atomic E-state index is 15.3. The van der Waals surface area contributed by atoms with E-state index in [-0.39, 0.29) is 5.56 Å². The van der Waals surface area contributed by atoms with Gasteiger partial charge in [-0.15, -0.1) is 10.2 Å². The summed E-state index contributed by atoms with van der Waals surface area (Å²) in [7, 11) is 0. The molecule has 49 heavy (non-hydrogen) atoms. The number of morpholine rings is 1. The van der Waals surface area contributed by atoms with Crippen LogP contribution in [0.3, 0.4) is 0 Å². The number of unbranched alkanes of at least 4 members (excludes halogenated alkanes) is 3. The van der Waals surface area contributed by atoms with Crippen LogP contribution in [0, 0.1) is 5.92 Å². The molecule has 3 aromatic carbocycles. The van der Waals surface area contributed by atoms with Gasteiger partial charge in [-0.05, 0) is 87.0 Å². The van der Waals surface area contributed by atoms with E-state index in [2.05, 4.69) is 56.1 Å². The number of hydrogen-bond acceptors (Lipinski definition) is 8. The van der Waals surface area contributed by atoms with Crippen molar-refractivity contribution < 1.29 is 23.0 Å². The van der Waals surface area contributed by atoms with Crippen LogP contribution in [0.25, 0.3) is 10.8 Å². The molecule has 0 amide bonds. The van der Waals surface area contributed by atoms with E-state index in [4.69, 9.17) is 14.2 Å². The molecule has 4 aromatic rings. The number of nitrogens with one attached hydrogen (secondary N) is 2. The molecule has 6 rings (SSSR count). The van der Waals surface area contributed by atoms with Gasteiger partial charge in [-0.2, -0.15) is 0 Å². The molecule has 10 heteroatoms. The number of piperidine rings is 1. The number of benzene rings is 3. The van der Waals surface area contributed by atoms with Crippen LogP contribution in [0.1, 0.15) is 55.2 Å². The molecule has 1 aromatic heterocycles. The van der Waals surface area contributed by atoms with Gasteiger partial charge in [0, 0.05) is 48.8 Å². The van der Waals surface area contributed by atoms with Crippen LogP contribution < -0.4 is 20.3 Å². The molecule has 2 aliphatic rings. The van der Waals surface area contributed by atoms with Gasteiger partial charge in [-0.25, -0.2) is 8.78 Å². The molecule has 0 atom stereocenters. The van der Waals surface area contributed by atoms with Gasteiger partial charge in [0.25, 0.3) is 5.92 Å². The predicted molar refractivity (Wildman–Crippen MR) is 191 cm³/mol. The van der Waals surface area contributed by atoms with Crippen molar-refractivity contribution in [1.82, 2.24) is 15.5 Å². The molecule has 0 aliphatic carbocycles. The molecule has 0 radical (unpaired) electrons. The Balaban J connectivity index is 1.05. The van der Waals surface area contributed by atoms with Gasteiger partial charge in [0.05, 0.1) is 31.8 Å². The van der Waals surface area contributed by atoms with Crippen molar-refractivity contribution in [3.05, 3.63) is 89.5 Å². The minimum Gasteiger partial charge on any atom is -0.476 e. The van der Waals surface area contributed by atoms with E-state index < -0.39 is 11.8 Å². The molecular formula is C39H49F2N5O3. The Kier molecular flexibility index (Phi) is 12.6. The van der Waals surface area contributed by atoms with Crippen molar-refractivity contribution >= 4 is 22.3 Å². The number of hydrogen-bond donors (Lipinski definition) is 2. The molecule has 0 spiro atoms. The first-order chi connectivity index (χ1) is 24.1. The highest BCUT2D eigenvalue weighted by atomic mass is 19.3.